The average Bonchev–Trinajstić information content (AvgIpc) is 2.72. The third-order valence-electron chi connectivity index (χ3n) is 2.00. The zero-order valence-electron chi connectivity index (χ0n) is 8.67. The molecule has 0 atom stereocenters. The number of aromatic nitrogens is 2. The molecular weight excluding hydrogens is 285 g/mol. The van der Waals surface area contributed by atoms with Crippen molar-refractivity contribution in [1.82, 2.24) is 9.59 Å². The van der Waals surface area contributed by atoms with E-state index in [1.54, 1.807) is 0 Å². The third-order valence-corrected chi connectivity index (χ3v) is 2.99. The van der Waals surface area contributed by atoms with Gasteiger partial charge in [-0.1, -0.05) is 16.1 Å². The van der Waals surface area contributed by atoms with Crippen LogP contribution in [-0.2, 0) is 6.61 Å². The number of benzene rings is 1. The SMILES string of the molecule is O=[N+]([O-])c1ccc(OCc2nnsc2Cl)cc1F. The van der Waals surface area contributed by atoms with Crippen LogP contribution in [0.2, 0.25) is 4.34 Å². The highest BCUT2D eigenvalue weighted by molar-refractivity contribution is 7.10. The zero-order valence-corrected chi connectivity index (χ0v) is 10.2. The Morgan fingerprint density at radius 3 is 2.89 bits per heavy atom. The van der Waals surface area contributed by atoms with Crippen molar-refractivity contribution in [3.63, 3.8) is 0 Å². The molecule has 1 aromatic carbocycles. The van der Waals surface area contributed by atoms with Gasteiger partial charge in [0.25, 0.3) is 0 Å². The third kappa shape index (κ3) is 2.71. The molecule has 2 aromatic rings. The van der Waals surface area contributed by atoms with Gasteiger partial charge in [0.1, 0.15) is 22.4 Å². The maximum absolute atomic E-state index is 13.3. The van der Waals surface area contributed by atoms with Crippen LogP contribution < -0.4 is 4.74 Å². The van der Waals surface area contributed by atoms with E-state index in [1.807, 2.05) is 0 Å². The Bertz CT molecular complexity index is 592. The van der Waals surface area contributed by atoms with Crippen LogP contribution in [0.1, 0.15) is 5.69 Å². The van der Waals surface area contributed by atoms with Crippen LogP contribution in [0.15, 0.2) is 18.2 Å². The van der Waals surface area contributed by atoms with Crippen molar-refractivity contribution in [2.75, 3.05) is 0 Å². The second-order valence-corrected chi connectivity index (χ2v) is 4.51. The van der Waals surface area contributed by atoms with E-state index in [0.717, 1.165) is 23.7 Å². The first-order valence-corrected chi connectivity index (χ1v) is 5.76. The monoisotopic (exact) mass is 289 g/mol. The molecule has 0 saturated carbocycles. The fourth-order valence-corrected chi connectivity index (χ4v) is 1.76. The largest absolute Gasteiger partial charge is 0.487 e. The second kappa shape index (κ2) is 5.23. The Kier molecular flexibility index (Phi) is 3.68. The Balaban J connectivity index is 2.09. The predicted molar refractivity (Wildman–Crippen MR) is 62.3 cm³/mol. The Morgan fingerprint density at radius 2 is 2.33 bits per heavy atom. The van der Waals surface area contributed by atoms with Crippen LogP contribution in [0.5, 0.6) is 5.75 Å². The van der Waals surface area contributed by atoms with Gasteiger partial charge < -0.3 is 4.74 Å². The van der Waals surface area contributed by atoms with E-state index in [-0.39, 0.29) is 12.4 Å². The standard InChI is InChI=1S/C9H5ClFN3O3S/c10-9-7(12-13-18-9)4-17-5-1-2-8(14(15)16)6(11)3-5/h1-3H,4H2. The Morgan fingerprint density at radius 1 is 1.56 bits per heavy atom. The number of nitrogens with zero attached hydrogens (tertiary/aromatic N) is 3. The molecule has 0 radical (unpaired) electrons. The van der Waals surface area contributed by atoms with Gasteiger partial charge in [-0.3, -0.25) is 10.1 Å². The first-order valence-electron chi connectivity index (χ1n) is 4.61. The maximum atomic E-state index is 13.3. The lowest BCUT2D eigenvalue weighted by Gasteiger charge is -2.04. The fourth-order valence-electron chi connectivity index (χ4n) is 1.16. The van der Waals surface area contributed by atoms with Gasteiger partial charge in [-0.25, -0.2) is 0 Å². The van der Waals surface area contributed by atoms with E-state index in [4.69, 9.17) is 16.3 Å². The zero-order chi connectivity index (χ0) is 13.1. The number of hydrogen-bond donors (Lipinski definition) is 0. The van der Waals surface area contributed by atoms with Gasteiger partial charge in [0.15, 0.2) is 0 Å². The lowest BCUT2D eigenvalue weighted by molar-refractivity contribution is -0.387. The molecule has 94 valence electrons. The molecule has 0 spiro atoms. The molecule has 0 fully saturated rings. The summed E-state index contributed by atoms with van der Waals surface area (Å²) in [5.41, 5.74) is -0.170. The molecule has 0 aliphatic carbocycles. The number of nitro groups is 1. The smallest absolute Gasteiger partial charge is 0.305 e. The highest BCUT2D eigenvalue weighted by Crippen LogP contribution is 2.24. The van der Waals surface area contributed by atoms with Crippen molar-refractivity contribution in [2.24, 2.45) is 0 Å². The molecule has 2 rings (SSSR count). The topological polar surface area (TPSA) is 78.2 Å². The van der Waals surface area contributed by atoms with Crippen LogP contribution in [0, 0.1) is 15.9 Å². The molecule has 0 aliphatic rings. The lowest BCUT2D eigenvalue weighted by atomic mass is 10.3. The van der Waals surface area contributed by atoms with E-state index >= 15 is 0 Å². The molecule has 6 nitrogen and oxygen atoms in total. The van der Waals surface area contributed by atoms with Crippen molar-refractivity contribution in [3.8, 4) is 5.75 Å². The van der Waals surface area contributed by atoms with Gasteiger partial charge in [-0.15, -0.1) is 5.10 Å². The number of hydrogen-bond acceptors (Lipinski definition) is 6. The summed E-state index contributed by atoms with van der Waals surface area (Å²) in [7, 11) is 0. The average molecular weight is 290 g/mol. The van der Waals surface area contributed by atoms with E-state index in [2.05, 4.69) is 9.59 Å². The van der Waals surface area contributed by atoms with Crippen molar-refractivity contribution in [2.45, 2.75) is 6.61 Å². The first kappa shape index (κ1) is 12.7. The van der Waals surface area contributed by atoms with Gasteiger partial charge in [0, 0.05) is 23.7 Å². The molecule has 0 saturated heterocycles. The van der Waals surface area contributed by atoms with Gasteiger partial charge >= 0.3 is 5.69 Å². The minimum absolute atomic E-state index is 0.0204. The molecule has 1 aromatic heterocycles. The Hall–Kier alpha value is -1.80. The highest BCUT2D eigenvalue weighted by Gasteiger charge is 2.14. The summed E-state index contributed by atoms with van der Waals surface area (Å²) in [4.78, 5) is 9.61. The number of ether oxygens (including phenoxy) is 1. The summed E-state index contributed by atoms with van der Waals surface area (Å²) in [6.07, 6.45) is 0. The van der Waals surface area contributed by atoms with Gasteiger partial charge in [0.05, 0.1) is 4.92 Å². The molecule has 0 unspecified atom stereocenters. The van der Waals surface area contributed by atoms with Crippen LogP contribution in [0.3, 0.4) is 0 Å². The van der Waals surface area contributed by atoms with Crippen molar-refractivity contribution >= 4 is 28.8 Å². The molecular formula is C9H5ClFN3O3S. The minimum Gasteiger partial charge on any atom is -0.487 e. The van der Waals surface area contributed by atoms with Crippen LogP contribution >= 0.6 is 23.1 Å². The summed E-state index contributed by atoms with van der Waals surface area (Å²) >= 11 is 6.76. The molecule has 0 bridgehead atoms. The maximum Gasteiger partial charge on any atom is 0.305 e. The number of rotatable bonds is 4. The number of nitro benzene ring substituents is 1. The summed E-state index contributed by atoms with van der Waals surface area (Å²) in [5, 5.41) is 14.1. The lowest BCUT2D eigenvalue weighted by Crippen LogP contribution is -1.98. The second-order valence-electron chi connectivity index (χ2n) is 3.15. The van der Waals surface area contributed by atoms with E-state index in [9.17, 15) is 14.5 Å². The van der Waals surface area contributed by atoms with Crippen LogP contribution in [0.25, 0.3) is 0 Å². The highest BCUT2D eigenvalue weighted by atomic mass is 35.5. The van der Waals surface area contributed by atoms with Crippen molar-refractivity contribution < 1.29 is 14.1 Å². The van der Waals surface area contributed by atoms with Gasteiger partial charge in [-0.2, -0.15) is 4.39 Å². The van der Waals surface area contributed by atoms with E-state index < -0.39 is 16.4 Å². The van der Waals surface area contributed by atoms with Crippen molar-refractivity contribution in [1.29, 1.82) is 0 Å². The predicted octanol–water partition coefficient (Wildman–Crippen LogP) is 2.82. The summed E-state index contributed by atoms with van der Waals surface area (Å²) in [5.74, 6) is -0.804. The normalized spacial score (nSPS) is 10.3. The quantitative estimate of drug-likeness (QED) is 0.639. The molecule has 18 heavy (non-hydrogen) atoms. The summed E-state index contributed by atoms with van der Waals surface area (Å²) < 4.78 is 22.5. The number of halogens is 2. The molecule has 9 heteroatoms. The molecule has 0 N–H and O–H groups in total. The van der Waals surface area contributed by atoms with Crippen molar-refractivity contribution in [3.05, 3.63) is 44.2 Å². The van der Waals surface area contributed by atoms with Crippen LogP contribution in [0.4, 0.5) is 10.1 Å². The molecule has 1 heterocycles. The molecule has 0 aliphatic heterocycles. The van der Waals surface area contributed by atoms with Gasteiger partial charge in [0.2, 0.25) is 5.82 Å². The van der Waals surface area contributed by atoms with E-state index in [1.165, 1.54) is 6.07 Å². The minimum atomic E-state index is -0.958. The summed E-state index contributed by atoms with van der Waals surface area (Å²) in [6.45, 7) is 0.0204. The van der Waals surface area contributed by atoms with Crippen LogP contribution in [-0.4, -0.2) is 14.5 Å². The summed E-state index contributed by atoms with van der Waals surface area (Å²) in [6, 6.07) is 3.27. The fraction of sp³-hybridized carbons (Fsp3) is 0.111. The Labute approximate surface area is 109 Å². The first-order chi connectivity index (χ1) is 8.58. The van der Waals surface area contributed by atoms with Gasteiger partial charge in [-0.05, 0) is 6.07 Å². The van der Waals surface area contributed by atoms with E-state index in [0.29, 0.717) is 10.0 Å². The molecule has 0 amide bonds.